The molecule has 5 nitrogen and oxygen atoms in total. The molecule has 1 aromatic heterocycles. The molecule has 1 fully saturated rings. The maximum atomic E-state index is 13.7. The number of halogens is 1. The Hall–Kier alpha value is -2.08. The molecule has 2 atom stereocenters. The number of hydrogen-bond donors (Lipinski definition) is 1. The Balaban J connectivity index is 2.01. The number of aromatic nitrogens is 2. The molecule has 3 rings (SSSR count). The molecular weight excluding hydrogens is 271 g/mol. The van der Waals surface area contributed by atoms with E-state index in [-0.39, 0.29) is 23.6 Å². The summed E-state index contributed by atoms with van der Waals surface area (Å²) < 4.78 is 13.7. The van der Waals surface area contributed by atoms with Crippen LogP contribution in [0.2, 0.25) is 0 Å². The Kier molecular flexibility index (Phi) is 3.55. The highest BCUT2D eigenvalue weighted by atomic mass is 19.1. The Morgan fingerprint density at radius 3 is 2.62 bits per heavy atom. The van der Waals surface area contributed by atoms with Gasteiger partial charge in [-0.25, -0.2) is 4.39 Å². The Labute approximate surface area is 122 Å². The van der Waals surface area contributed by atoms with Crippen LogP contribution in [0.15, 0.2) is 24.5 Å². The first kappa shape index (κ1) is 13.9. The first-order valence-corrected chi connectivity index (χ1v) is 7.00. The van der Waals surface area contributed by atoms with E-state index in [9.17, 15) is 9.18 Å². The fourth-order valence-corrected chi connectivity index (χ4v) is 2.87. The van der Waals surface area contributed by atoms with Crippen LogP contribution < -0.4 is 5.32 Å². The highest BCUT2D eigenvalue weighted by Gasteiger charge is 2.27. The zero-order valence-corrected chi connectivity index (χ0v) is 12.0. The van der Waals surface area contributed by atoms with Gasteiger partial charge in [0.1, 0.15) is 11.3 Å². The minimum Gasteiger partial charge on any atom is -0.335 e. The van der Waals surface area contributed by atoms with E-state index in [2.05, 4.69) is 15.3 Å². The molecule has 0 radical (unpaired) electrons. The molecule has 6 heteroatoms. The molecule has 0 saturated carbocycles. The maximum absolute atomic E-state index is 13.7. The van der Waals surface area contributed by atoms with Crippen molar-refractivity contribution in [1.29, 1.82) is 0 Å². The number of nitrogens with zero attached hydrogens (tertiary/aromatic N) is 3. The van der Waals surface area contributed by atoms with Gasteiger partial charge in [-0.3, -0.25) is 14.8 Å². The second kappa shape index (κ2) is 5.37. The van der Waals surface area contributed by atoms with Crippen molar-refractivity contribution < 1.29 is 9.18 Å². The van der Waals surface area contributed by atoms with Gasteiger partial charge in [-0.2, -0.15) is 0 Å². The molecule has 1 aliphatic heterocycles. The summed E-state index contributed by atoms with van der Waals surface area (Å²) in [5.74, 6) is -0.664. The second-order valence-electron chi connectivity index (χ2n) is 5.56. The highest BCUT2D eigenvalue weighted by Crippen LogP contribution is 2.19. The number of piperazine rings is 1. The molecule has 2 heterocycles. The molecule has 1 aliphatic rings. The van der Waals surface area contributed by atoms with Crippen molar-refractivity contribution in [1.82, 2.24) is 20.2 Å². The molecule has 1 aromatic carbocycles. The van der Waals surface area contributed by atoms with Gasteiger partial charge in [0.15, 0.2) is 0 Å². The number of nitrogens with one attached hydrogen (secondary N) is 1. The van der Waals surface area contributed by atoms with Crippen molar-refractivity contribution in [3.8, 4) is 0 Å². The SMILES string of the molecule is C[C@H]1CN(C(=O)c2cc(F)cc3nccnc23)C[C@H](C)N1. The molecule has 1 saturated heterocycles. The summed E-state index contributed by atoms with van der Waals surface area (Å²) in [7, 11) is 0. The van der Waals surface area contributed by atoms with Gasteiger partial charge in [-0.05, 0) is 19.9 Å². The van der Waals surface area contributed by atoms with Gasteiger partial charge in [0, 0.05) is 43.6 Å². The molecule has 0 aliphatic carbocycles. The minimum atomic E-state index is -0.470. The van der Waals surface area contributed by atoms with Crippen LogP contribution in [0.3, 0.4) is 0 Å². The van der Waals surface area contributed by atoms with Gasteiger partial charge in [-0.1, -0.05) is 0 Å². The van der Waals surface area contributed by atoms with Crippen LogP contribution in [0.4, 0.5) is 4.39 Å². The Bertz CT molecular complexity index is 680. The van der Waals surface area contributed by atoms with Gasteiger partial charge in [0.25, 0.3) is 5.91 Å². The lowest BCUT2D eigenvalue weighted by Crippen LogP contribution is -2.55. The predicted octanol–water partition coefficient (Wildman–Crippen LogP) is 1.59. The van der Waals surface area contributed by atoms with Crippen LogP contribution in [-0.2, 0) is 0 Å². The lowest BCUT2D eigenvalue weighted by Gasteiger charge is -2.36. The van der Waals surface area contributed by atoms with Crippen molar-refractivity contribution in [3.05, 3.63) is 35.9 Å². The van der Waals surface area contributed by atoms with Crippen LogP contribution >= 0.6 is 0 Å². The standard InChI is InChI=1S/C15H17FN4O/c1-9-7-20(8-10(2)19-9)15(21)12-5-11(16)6-13-14(12)18-4-3-17-13/h3-6,9-10,19H,7-8H2,1-2H3/t9-,10-/m0/s1. The topological polar surface area (TPSA) is 58.1 Å². The molecule has 0 spiro atoms. The smallest absolute Gasteiger partial charge is 0.256 e. The number of fused-ring (bicyclic) bond motifs is 1. The van der Waals surface area contributed by atoms with E-state index in [1.807, 2.05) is 13.8 Å². The largest absolute Gasteiger partial charge is 0.335 e. The molecular formula is C15H17FN4O. The number of carbonyl (C=O) groups excluding carboxylic acids is 1. The van der Waals surface area contributed by atoms with Gasteiger partial charge in [0.05, 0.1) is 11.1 Å². The van der Waals surface area contributed by atoms with Crippen LogP contribution in [0.25, 0.3) is 11.0 Å². The van der Waals surface area contributed by atoms with E-state index in [4.69, 9.17) is 0 Å². The van der Waals surface area contributed by atoms with Crippen molar-refractivity contribution in [2.45, 2.75) is 25.9 Å². The highest BCUT2D eigenvalue weighted by molar-refractivity contribution is 6.04. The second-order valence-corrected chi connectivity index (χ2v) is 5.56. The molecule has 1 N–H and O–H groups in total. The van der Waals surface area contributed by atoms with E-state index >= 15 is 0 Å². The summed E-state index contributed by atoms with van der Waals surface area (Å²) in [6, 6.07) is 2.96. The fourth-order valence-electron chi connectivity index (χ4n) is 2.87. The average Bonchev–Trinajstić information content (AvgIpc) is 2.44. The summed E-state index contributed by atoms with van der Waals surface area (Å²) in [4.78, 5) is 22.7. The third-order valence-corrected chi connectivity index (χ3v) is 3.61. The first-order chi connectivity index (χ1) is 10.0. The Morgan fingerprint density at radius 1 is 1.24 bits per heavy atom. The summed E-state index contributed by atoms with van der Waals surface area (Å²) in [6.45, 7) is 5.25. The normalized spacial score (nSPS) is 22.5. The lowest BCUT2D eigenvalue weighted by molar-refractivity contribution is 0.0675. The zero-order chi connectivity index (χ0) is 15.0. The molecule has 1 amide bonds. The Morgan fingerprint density at radius 2 is 1.90 bits per heavy atom. The number of hydrogen-bond acceptors (Lipinski definition) is 4. The number of carbonyl (C=O) groups is 1. The van der Waals surface area contributed by atoms with Gasteiger partial charge in [-0.15, -0.1) is 0 Å². The molecule has 0 bridgehead atoms. The molecule has 21 heavy (non-hydrogen) atoms. The monoisotopic (exact) mass is 288 g/mol. The average molecular weight is 288 g/mol. The van der Waals surface area contributed by atoms with Crippen LogP contribution in [0.1, 0.15) is 24.2 Å². The van der Waals surface area contributed by atoms with E-state index in [0.717, 1.165) is 0 Å². The lowest BCUT2D eigenvalue weighted by atomic mass is 10.1. The first-order valence-electron chi connectivity index (χ1n) is 7.00. The van der Waals surface area contributed by atoms with Crippen LogP contribution in [0.5, 0.6) is 0 Å². The fraction of sp³-hybridized carbons (Fsp3) is 0.400. The van der Waals surface area contributed by atoms with Crippen LogP contribution in [-0.4, -0.2) is 45.9 Å². The quantitative estimate of drug-likeness (QED) is 0.866. The molecule has 110 valence electrons. The van der Waals surface area contributed by atoms with Gasteiger partial charge in [0.2, 0.25) is 0 Å². The van der Waals surface area contributed by atoms with E-state index in [0.29, 0.717) is 24.1 Å². The number of benzene rings is 1. The van der Waals surface area contributed by atoms with Gasteiger partial charge >= 0.3 is 0 Å². The summed E-state index contributed by atoms with van der Waals surface area (Å²) in [5.41, 5.74) is 1.12. The summed E-state index contributed by atoms with van der Waals surface area (Å²) in [6.07, 6.45) is 3.00. The number of rotatable bonds is 1. The van der Waals surface area contributed by atoms with Gasteiger partial charge < -0.3 is 10.2 Å². The van der Waals surface area contributed by atoms with E-state index in [1.165, 1.54) is 24.5 Å². The number of amides is 1. The zero-order valence-electron chi connectivity index (χ0n) is 12.0. The van der Waals surface area contributed by atoms with E-state index in [1.54, 1.807) is 4.90 Å². The molecule has 2 aromatic rings. The van der Waals surface area contributed by atoms with E-state index < -0.39 is 5.82 Å². The van der Waals surface area contributed by atoms with Crippen molar-refractivity contribution >= 4 is 16.9 Å². The maximum Gasteiger partial charge on any atom is 0.256 e. The third kappa shape index (κ3) is 2.71. The van der Waals surface area contributed by atoms with Crippen LogP contribution in [0, 0.1) is 5.82 Å². The summed E-state index contributed by atoms with van der Waals surface area (Å²) >= 11 is 0. The summed E-state index contributed by atoms with van der Waals surface area (Å²) in [5, 5.41) is 3.37. The minimum absolute atomic E-state index is 0.194. The van der Waals surface area contributed by atoms with Crippen molar-refractivity contribution in [2.75, 3.05) is 13.1 Å². The predicted molar refractivity (Wildman–Crippen MR) is 77.5 cm³/mol. The van der Waals surface area contributed by atoms with Crippen molar-refractivity contribution in [2.24, 2.45) is 0 Å². The van der Waals surface area contributed by atoms with Crippen molar-refractivity contribution in [3.63, 3.8) is 0 Å². The molecule has 0 unspecified atom stereocenters. The third-order valence-electron chi connectivity index (χ3n) is 3.61.